The molecule has 1 aromatic heterocycles. The molecule has 0 bridgehead atoms. The van der Waals surface area contributed by atoms with Gasteiger partial charge >= 0.3 is 5.97 Å². The maximum atomic E-state index is 10.8. The van der Waals surface area contributed by atoms with Crippen LogP contribution in [-0.2, 0) is 0 Å². The molecule has 3 rings (SSSR count). The molecule has 1 heterocycles. The van der Waals surface area contributed by atoms with E-state index in [1.54, 1.807) is 30.5 Å². The van der Waals surface area contributed by atoms with Gasteiger partial charge in [-0.05, 0) is 48.3 Å². The van der Waals surface area contributed by atoms with Crippen molar-refractivity contribution in [3.63, 3.8) is 0 Å². The molecule has 21 heavy (non-hydrogen) atoms. The van der Waals surface area contributed by atoms with Crippen LogP contribution in [0.25, 0.3) is 10.9 Å². The van der Waals surface area contributed by atoms with Crippen molar-refractivity contribution in [2.45, 2.75) is 4.90 Å². The van der Waals surface area contributed by atoms with Crippen molar-refractivity contribution < 1.29 is 9.90 Å². The maximum Gasteiger partial charge on any atom is 0.335 e. The van der Waals surface area contributed by atoms with Gasteiger partial charge in [0.05, 0.1) is 16.8 Å². The van der Waals surface area contributed by atoms with Gasteiger partial charge in [-0.25, -0.2) is 4.79 Å². The molecule has 2 aromatic carbocycles. The Kier molecular flexibility index (Phi) is 3.75. The van der Waals surface area contributed by atoms with Crippen LogP contribution in [0.1, 0.15) is 10.4 Å². The van der Waals surface area contributed by atoms with Crippen molar-refractivity contribution in [2.24, 2.45) is 0 Å². The molecule has 4 nitrogen and oxygen atoms in total. The SMILES string of the molecule is O=C(O)c1ccc(SNc2cccc3cccnc23)cc1. The summed E-state index contributed by atoms with van der Waals surface area (Å²) in [6, 6.07) is 16.6. The first-order valence-corrected chi connectivity index (χ1v) is 7.16. The molecule has 0 saturated heterocycles. The minimum Gasteiger partial charge on any atom is -0.478 e. The summed E-state index contributed by atoms with van der Waals surface area (Å²) in [5, 5.41) is 9.94. The Hall–Kier alpha value is -2.53. The molecule has 104 valence electrons. The van der Waals surface area contributed by atoms with Crippen molar-refractivity contribution in [2.75, 3.05) is 4.72 Å². The van der Waals surface area contributed by atoms with Crippen LogP contribution in [0.15, 0.2) is 65.7 Å². The van der Waals surface area contributed by atoms with Crippen molar-refractivity contribution in [3.05, 3.63) is 66.4 Å². The van der Waals surface area contributed by atoms with Crippen LogP contribution < -0.4 is 4.72 Å². The Balaban J connectivity index is 1.79. The third kappa shape index (κ3) is 2.98. The first-order valence-electron chi connectivity index (χ1n) is 6.34. The summed E-state index contributed by atoms with van der Waals surface area (Å²) in [5.41, 5.74) is 2.13. The van der Waals surface area contributed by atoms with E-state index in [0.29, 0.717) is 0 Å². The maximum absolute atomic E-state index is 10.8. The Labute approximate surface area is 126 Å². The third-order valence-electron chi connectivity index (χ3n) is 3.01. The summed E-state index contributed by atoms with van der Waals surface area (Å²) >= 11 is 1.43. The van der Waals surface area contributed by atoms with Crippen LogP contribution in [0.2, 0.25) is 0 Å². The number of pyridine rings is 1. The van der Waals surface area contributed by atoms with Gasteiger partial charge in [0.15, 0.2) is 0 Å². The molecular formula is C16H12N2O2S. The minimum atomic E-state index is -0.919. The molecule has 0 aliphatic carbocycles. The lowest BCUT2D eigenvalue weighted by atomic mass is 10.2. The molecule has 5 heteroatoms. The van der Waals surface area contributed by atoms with E-state index >= 15 is 0 Å². The number of anilines is 1. The molecule has 0 spiro atoms. The summed E-state index contributed by atoms with van der Waals surface area (Å²) in [6.07, 6.45) is 1.76. The molecule has 3 aromatic rings. The second kappa shape index (κ2) is 5.85. The fourth-order valence-corrected chi connectivity index (χ4v) is 2.63. The normalized spacial score (nSPS) is 10.5. The molecule has 0 aliphatic rings. The Morgan fingerprint density at radius 1 is 1.05 bits per heavy atom. The number of nitrogens with one attached hydrogen (secondary N) is 1. The van der Waals surface area contributed by atoms with E-state index in [0.717, 1.165) is 21.5 Å². The summed E-state index contributed by atoms with van der Waals surface area (Å²) < 4.78 is 3.26. The number of hydrogen-bond donors (Lipinski definition) is 2. The predicted octanol–water partition coefficient (Wildman–Crippen LogP) is 4.05. The molecule has 0 radical (unpaired) electrons. The van der Waals surface area contributed by atoms with E-state index in [1.165, 1.54) is 11.9 Å². The average Bonchev–Trinajstić information content (AvgIpc) is 2.53. The van der Waals surface area contributed by atoms with E-state index in [9.17, 15) is 4.79 Å². The number of hydrogen-bond acceptors (Lipinski definition) is 4. The molecule has 2 N–H and O–H groups in total. The standard InChI is InChI=1S/C16H12N2O2S/c19-16(20)12-6-8-13(9-7-12)21-18-14-5-1-3-11-4-2-10-17-15(11)14/h1-10,18H,(H,19,20). The first kappa shape index (κ1) is 13.5. The number of fused-ring (bicyclic) bond motifs is 1. The van der Waals surface area contributed by atoms with Crippen molar-refractivity contribution >= 4 is 34.5 Å². The van der Waals surface area contributed by atoms with Gasteiger partial charge in [0.1, 0.15) is 0 Å². The van der Waals surface area contributed by atoms with Gasteiger partial charge in [-0.2, -0.15) is 0 Å². The van der Waals surface area contributed by atoms with Crippen LogP contribution in [0, 0.1) is 0 Å². The number of rotatable bonds is 4. The van der Waals surface area contributed by atoms with Crippen molar-refractivity contribution in [3.8, 4) is 0 Å². The van der Waals surface area contributed by atoms with Crippen LogP contribution in [-0.4, -0.2) is 16.1 Å². The van der Waals surface area contributed by atoms with Crippen molar-refractivity contribution in [1.82, 2.24) is 4.98 Å². The number of carboxylic acid groups (broad SMARTS) is 1. The minimum absolute atomic E-state index is 0.283. The van der Waals surface area contributed by atoms with Gasteiger partial charge in [-0.15, -0.1) is 0 Å². The van der Waals surface area contributed by atoms with Gasteiger partial charge in [-0.3, -0.25) is 4.98 Å². The zero-order valence-corrected chi connectivity index (χ0v) is 11.8. The Bertz CT molecular complexity index is 782. The number of nitrogens with zero attached hydrogens (tertiary/aromatic N) is 1. The smallest absolute Gasteiger partial charge is 0.335 e. The highest BCUT2D eigenvalue weighted by molar-refractivity contribution is 8.00. The molecule has 0 amide bonds. The second-order valence-corrected chi connectivity index (χ2v) is 5.29. The molecule has 0 unspecified atom stereocenters. The summed E-state index contributed by atoms with van der Waals surface area (Å²) in [6.45, 7) is 0. The molecule has 0 aliphatic heterocycles. The van der Waals surface area contributed by atoms with E-state index in [1.807, 2.05) is 30.3 Å². The third-order valence-corrected chi connectivity index (χ3v) is 3.84. The summed E-state index contributed by atoms with van der Waals surface area (Å²) in [7, 11) is 0. The highest BCUT2D eigenvalue weighted by atomic mass is 32.2. The first-order chi connectivity index (χ1) is 10.2. The predicted molar refractivity (Wildman–Crippen MR) is 84.6 cm³/mol. The fourth-order valence-electron chi connectivity index (χ4n) is 1.97. The van der Waals surface area contributed by atoms with Gasteiger partial charge < -0.3 is 9.83 Å². The average molecular weight is 296 g/mol. The van der Waals surface area contributed by atoms with Crippen LogP contribution in [0.3, 0.4) is 0 Å². The highest BCUT2D eigenvalue weighted by Gasteiger charge is 2.04. The molecule has 0 fully saturated rings. The lowest BCUT2D eigenvalue weighted by Crippen LogP contribution is -1.95. The molecular weight excluding hydrogens is 284 g/mol. The van der Waals surface area contributed by atoms with Gasteiger partial charge in [-0.1, -0.05) is 18.2 Å². The fraction of sp³-hybridized carbons (Fsp3) is 0. The quantitative estimate of drug-likeness (QED) is 0.711. The van der Waals surface area contributed by atoms with E-state index < -0.39 is 5.97 Å². The number of para-hydroxylation sites is 1. The number of aromatic carboxylic acids is 1. The zero-order chi connectivity index (χ0) is 14.7. The van der Waals surface area contributed by atoms with Crippen LogP contribution in [0.4, 0.5) is 5.69 Å². The molecule has 0 atom stereocenters. The second-order valence-electron chi connectivity index (χ2n) is 4.41. The van der Waals surface area contributed by atoms with E-state index in [2.05, 4.69) is 9.71 Å². The van der Waals surface area contributed by atoms with Crippen LogP contribution >= 0.6 is 11.9 Å². The number of carboxylic acids is 1. The van der Waals surface area contributed by atoms with E-state index in [-0.39, 0.29) is 5.56 Å². The Morgan fingerprint density at radius 2 is 1.81 bits per heavy atom. The number of benzene rings is 2. The number of carbonyl (C=O) groups is 1. The number of aromatic nitrogens is 1. The Morgan fingerprint density at radius 3 is 2.57 bits per heavy atom. The topological polar surface area (TPSA) is 62.2 Å². The lowest BCUT2D eigenvalue weighted by molar-refractivity contribution is 0.0697. The lowest BCUT2D eigenvalue weighted by Gasteiger charge is -2.08. The molecule has 0 saturated carbocycles. The van der Waals surface area contributed by atoms with Crippen LogP contribution in [0.5, 0.6) is 0 Å². The largest absolute Gasteiger partial charge is 0.478 e. The highest BCUT2D eigenvalue weighted by Crippen LogP contribution is 2.26. The zero-order valence-electron chi connectivity index (χ0n) is 11.0. The monoisotopic (exact) mass is 296 g/mol. The van der Waals surface area contributed by atoms with E-state index in [4.69, 9.17) is 5.11 Å². The van der Waals surface area contributed by atoms with Gasteiger partial charge in [0, 0.05) is 16.5 Å². The summed E-state index contributed by atoms with van der Waals surface area (Å²) in [4.78, 5) is 16.1. The summed E-state index contributed by atoms with van der Waals surface area (Å²) in [5.74, 6) is -0.919. The van der Waals surface area contributed by atoms with Crippen molar-refractivity contribution in [1.29, 1.82) is 0 Å². The van der Waals surface area contributed by atoms with Gasteiger partial charge in [0.25, 0.3) is 0 Å². The van der Waals surface area contributed by atoms with Gasteiger partial charge in [0.2, 0.25) is 0 Å².